The molecule has 0 unspecified atom stereocenters. The first-order valence-corrected chi connectivity index (χ1v) is 8.68. The average molecular weight is 324 g/mol. The number of hydrogen-bond donors (Lipinski definition) is 1. The van der Waals surface area contributed by atoms with E-state index in [-0.39, 0.29) is 0 Å². The Balaban J connectivity index is 1.95. The number of aromatic hydroxyl groups is 1. The first kappa shape index (κ1) is 15.5. The number of phenols is 1. The van der Waals surface area contributed by atoms with Crippen molar-refractivity contribution < 1.29 is 5.11 Å². The summed E-state index contributed by atoms with van der Waals surface area (Å²) in [6.45, 7) is 0. The first-order valence-electron chi connectivity index (χ1n) is 8.68. The quantitative estimate of drug-likeness (QED) is 0.586. The smallest absolute Gasteiger partial charge is 0.131 e. The van der Waals surface area contributed by atoms with Gasteiger partial charge in [-0.05, 0) is 47.2 Å². The lowest BCUT2D eigenvalue weighted by Gasteiger charge is -2.16. The molecule has 0 fully saturated rings. The third kappa shape index (κ3) is 3.14. The molecule has 1 aliphatic rings. The zero-order valence-electron chi connectivity index (χ0n) is 14.0. The fraction of sp³-hybridized carbons (Fsp3) is 0.0833. The SMILES string of the molecule is Oc1c(C2=CCCC=C2)cc(-c2ccccc2)cc1-c1ccccc1. The Morgan fingerprint density at radius 1 is 0.640 bits per heavy atom. The van der Waals surface area contributed by atoms with Crippen LogP contribution in [0.2, 0.25) is 0 Å². The van der Waals surface area contributed by atoms with E-state index in [1.54, 1.807) is 0 Å². The molecule has 122 valence electrons. The molecule has 1 N–H and O–H groups in total. The second-order valence-electron chi connectivity index (χ2n) is 6.29. The lowest BCUT2D eigenvalue weighted by molar-refractivity contribution is 0.476. The molecular weight excluding hydrogens is 304 g/mol. The minimum Gasteiger partial charge on any atom is -0.507 e. The molecular formula is C24H20O. The van der Waals surface area contributed by atoms with Crippen LogP contribution in [0.5, 0.6) is 5.75 Å². The molecule has 0 aliphatic heterocycles. The molecule has 0 saturated carbocycles. The van der Waals surface area contributed by atoms with Crippen LogP contribution in [-0.2, 0) is 0 Å². The van der Waals surface area contributed by atoms with Gasteiger partial charge >= 0.3 is 0 Å². The van der Waals surface area contributed by atoms with Crippen LogP contribution in [0, 0.1) is 0 Å². The summed E-state index contributed by atoms with van der Waals surface area (Å²) < 4.78 is 0. The van der Waals surface area contributed by atoms with Gasteiger partial charge in [0.15, 0.2) is 0 Å². The third-order valence-electron chi connectivity index (χ3n) is 4.61. The molecule has 0 radical (unpaired) electrons. The Labute approximate surface area is 148 Å². The van der Waals surface area contributed by atoms with Crippen LogP contribution in [0.3, 0.4) is 0 Å². The van der Waals surface area contributed by atoms with Crippen molar-refractivity contribution in [3.8, 4) is 28.0 Å². The monoisotopic (exact) mass is 324 g/mol. The van der Waals surface area contributed by atoms with Gasteiger partial charge in [0.25, 0.3) is 0 Å². The second kappa shape index (κ2) is 6.82. The fourth-order valence-electron chi connectivity index (χ4n) is 3.30. The van der Waals surface area contributed by atoms with E-state index in [2.05, 4.69) is 42.5 Å². The minimum absolute atomic E-state index is 0.351. The molecule has 0 bridgehead atoms. The molecule has 0 aromatic heterocycles. The summed E-state index contributed by atoms with van der Waals surface area (Å²) in [6, 6.07) is 24.6. The van der Waals surface area contributed by atoms with Gasteiger partial charge in [0.2, 0.25) is 0 Å². The summed E-state index contributed by atoms with van der Waals surface area (Å²) in [5, 5.41) is 11.0. The van der Waals surface area contributed by atoms with E-state index < -0.39 is 0 Å². The zero-order chi connectivity index (χ0) is 17.1. The molecule has 3 aromatic carbocycles. The Kier molecular flexibility index (Phi) is 4.22. The van der Waals surface area contributed by atoms with E-state index in [0.717, 1.165) is 46.2 Å². The van der Waals surface area contributed by atoms with Gasteiger partial charge in [-0.3, -0.25) is 0 Å². The summed E-state index contributed by atoms with van der Waals surface area (Å²) in [4.78, 5) is 0. The van der Waals surface area contributed by atoms with Gasteiger partial charge in [-0.1, -0.05) is 78.9 Å². The highest BCUT2D eigenvalue weighted by Gasteiger charge is 2.15. The van der Waals surface area contributed by atoms with Crippen molar-refractivity contribution in [1.29, 1.82) is 0 Å². The van der Waals surface area contributed by atoms with Gasteiger partial charge in [0.05, 0.1) is 0 Å². The molecule has 0 amide bonds. The van der Waals surface area contributed by atoms with Crippen molar-refractivity contribution in [1.82, 2.24) is 0 Å². The fourth-order valence-corrected chi connectivity index (χ4v) is 3.30. The number of benzene rings is 3. The highest BCUT2D eigenvalue weighted by molar-refractivity contribution is 5.88. The van der Waals surface area contributed by atoms with Crippen molar-refractivity contribution in [3.63, 3.8) is 0 Å². The van der Waals surface area contributed by atoms with Crippen LogP contribution in [0.4, 0.5) is 0 Å². The van der Waals surface area contributed by atoms with Crippen molar-refractivity contribution in [2.45, 2.75) is 12.8 Å². The molecule has 0 saturated heterocycles. The lowest BCUT2D eigenvalue weighted by atomic mass is 9.90. The van der Waals surface area contributed by atoms with Gasteiger partial charge < -0.3 is 5.11 Å². The molecule has 4 rings (SSSR count). The maximum Gasteiger partial charge on any atom is 0.131 e. The van der Waals surface area contributed by atoms with Crippen LogP contribution in [0.25, 0.3) is 27.8 Å². The Bertz CT molecular complexity index is 935. The number of hydrogen-bond acceptors (Lipinski definition) is 1. The van der Waals surface area contributed by atoms with Crippen LogP contribution >= 0.6 is 0 Å². The summed E-state index contributed by atoms with van der Waals surface area (Å²) in [5.74, 6) is 0.351. The van der Waals surface area contributed by atoms with Crippen LogP contribution in [0.1, 0.15) is 18.4 Å². The van der Waals surface area contributed by atoms with Gasteiger partial charge in [0, 0.05) is 11.1 Å². The van der Waals surface area contributed by atoms with Crippen molar-refractivity contribution >= 4 is 5.57 Å². The highest BCUT2D eigenvalue weighted by Crippen LogP contribution is 2.40. The van der Waals surface area contributed by atoms with E-state index in [0.29, 0.717) is 5.75 Å². The molecule has 0 atom stereocenters. The molecule has 0 heterocycles. The summed E-state index contributed by atoms with van der Waals surface area (Å²) in [5.41, 5.74) is 6.17. The summed E-state index contributed by atoms with van der Waals surface area (Å²) in [7, 11) is 0. The van der Waals surface area contributed by atoms with E-state index in [4.69, 9.17) is 0 Å². The standard InChI is InChI=1S/C24H20O/c25-24-22(19-12-6-2-7-13-19)16-21(18-10-4-1-5-11-18)17-23(24)20-14-8-3-9-15-20/h1-2,4-8,10-17,25H,3,9H2. The van der Waals surface area contributed by atoms with Crippen molar-refractivity contribution in [2.24, 2.45) is 0 Å². The number of allylic oxidation sites excluding steroid dienone is 4. The molecule has 25 heavy (non-hydrogen) atoms. The summed E-state index contributed by atoms with van der Waals surface area (Å²) in [6.07, 6.45) is 8.57. The minimum atomic E-state index is 0.351. The molecule has 0 spiro atoms. The maximum atomic E-state index is 11.0. The van der Waals surface area contributed by atoms with E-state index in [9.17, 15) is 5.11 Å². The molecule has 1 heteroatoms. The predicted molar refractivity (Wildman–Crippen MR) is 105 cm³/mol. The van der Waals surface area contributed by atoms with Crippen LogP contribution in [0.15, 0.2) is 91.0 Å². The first-order chi connectivity index (χ1) is 12.3. The van der Waals surface area contributed by atoms with Gasteiger partial charge in [-0.2, -0.15) is 0 Å². The third-order valence-corrected chi connectivity index (χ3v) is 4.61. The second-order valence-corrected chi connectivity index (χ2v) is 6.29. The van der Waals surface area contributed by atoms with Crippen molar-refractivity contribution in [3.05, 3.63) is 96.6 Å². The van der Waals surface area contributed by atoms with E-state index >= 15 is 0 Å². The lowest BCUT2D eigenvalue weighted by Crippen LogP contribution is -1.92. The number of rotatable bonds is 3. The summed E-state index contributed by atoms with van der Waals surface area (Å²) >= 11 is 0. The largest absolute Gasteiger partial charge is 0.507 e. The van der Waals surface area contributed by atoms with E-state index in [1.807, 2.05) is 48.5 Å². The average Bonchev–Trinajstić information content (AvgIpc) is 2.70. The Morgan fingerprint density at radius 3 is 1.92 bits per heavy atom. The van der Waals surface area contributed by atoms with Crippen molar-refractivity contribution in [2.75, 3.05) is 0 Å². The maximum absolute atomic E-state index is 11.0. The Morgan fingerprint density at radius 2 is 1.28 bits per heavy atom. The van der Waals surface area contributed by atoms with Crippen LogP contribution in [-0.4, -0.2) is 5.11 Å². The van der Waals surface area contributed by atoms with Crippen LogP contribution < -0.4 is 0 Å². The molecule has 3 aromatic rings. The van der Waals surface area contributed by atoms with E-state index in [1.165, 1.54) is 0 Å². The van der Waals surface area contributed by atoms with Gasteiger partial charge in [0.1, 0.15) is 5.75 Å². The number of phenolic OH excluding ortho intramolecular Hbond substituents is 1. The normalized spacial score (nSPS) is 13.5. The Hall–Kier alpha value is -3.06. The molecule has 1 nitrogen and oxygen atoms in total. The highest BCUT2D eigenvalue weighted by atomic mass is 16.3. The molecule has 1 aliphatic carbocycles. The predicted octanol–water partition coefficient (Wildman–Crippen LogP) is 6.46. The zero-order valence-corrected chi connectivity index (χ0v) is 14.0. The topological polar surface area (TPSA) is 20.2 Å². The van der Waals surface area contributed by atoms with Gasteiger partial charge in [-0.25, -0.2) is 0 Å². The van der Waals surface area contributed by atoms with Gasteiger partial charge in [-0.15, -0.1) is 0 Å².